The van der Waals surface area contributed by atoms with E-state index in [1.807, 2.05) is 127 Å². The molecule has 5 aromatic rings. The van der Waals surface area contributed by atoms with Gasteiger partial charge in [-0.2, -0.15) is 4.57 Å². The Hall–Kier alpha value is -4.84. The number of fused-ring (bicyclic) bond motifs is 1. The first kappa shape index (κ1) is 26.8. The summed E-state index contributed by atoms with van der Waals surface area (Å²) in [6, 6.07) is 32.1. The molecule has 3 aromatic carbocycles. The highest BCUT2D eigenvalue weighted by atomic mass is 16.3. The lowest BCUT2D eigenvalue weighted by molar-refractivity contribution is -0.691. The Balaban J connectivity index is 1.20. The van der Waals surface area contributed by atoms with Gasteiger partial charge in [0.15, 0.2) is 37.4 Å². The first-order valence-electron chi connectivity index (χ1n) is 13.5. The minimum absolute atomic E-state index is 0.0122. The van der Waals surface area contributed by atoms with Crippen LogP contribution in [0.5, 0.6) is 0 Å². The summed E-state index contributed by atoms with van der Waals surface area (Å²) in [5.74, 6) is 0.0462. The molecule has 0 spiro atoms. The Labute approximate surface area is 234 Å². The van der Waals surface area contributed by atoms with Crippen LogP contribution in [0.1, 0.15) is 37.1 Å². The maximum absolute atomic E-state index is 12.7. The third-order valence-electron chi connectivity index (χ3n) is 7.06. The average Bonchev–Trinajstić information content (AvgIpc) is 2.98. The van der Waals surface area contributed by atoms with Crippen molar-refractivity contribution in [1.29, 1.82) is 0 Å². The molecule has 0 unspecified atom stereocenters. The number of aliphatic hydroxyl groups is 1. The molecule has 0 fully saturated rings. The van der Waals surface area contributed by atoms with Crippen molar-refractivity contribution >= 4 is 22.6 Å². The lowest BCUT2D eigenvalue weighted by Gasteiger charge is -2.15. The van der Waals surface area contributed by atoms with E-state index in [-0.39, 0.29) is 30.4 Å². The molecule has 200 valence electrons. The van der Waals surface area contributed by atoms with Gasteiger partial charge in [0, 0.05) is 42.7 Å². The van der Waals surface area contributed by atoms with Crippen LogP contribution in [-0.4, -0.2) is 16.9 Å². The zero-order chi connectivity index (χ0) is 27.9. The van der Waals surface area contributed by atoms with Crippen LogP contribution in [0.25, 0.3) is 21.9 Å². The molecule has 5 rings (SSSR count). The van der Waals surface area contributed by atoms with Crippen molar-refractivity contribution in [3.8, 4) is 11.1 Å². The van der Waals surface area contributed by atoms with Crippen LogP contribution in [0.15, 0.2) is 127 Å². The molecule has 0 aliphatic carbocycles. The Morgan fingerprint density at radius 3 is 2.00 bits per heavy atom. The molecule has 0 saturated carbocycles. The van der Waals surface area contributed by atoms with Crippen molar-refractivity contribution in [2.24, 2.45) is 4.99 Å². The number of aliphatic imine (C=N–C) groups is 1. The monoisotopic (exact) mass is 530 g/mol. The molecular weight excluding hydrogens is 496 g/mol. The molecule has 2 aromatic heterocycles. The number of aliphatic hydroxyl groups excluding tert-OH is 1. The summed E-state index contributed by atoms with van der Waals surface area (Å²) in [4.78, 5) is 7.61. The first-order chi connectivity index (χ1) is 19.5. The van der Waals surface area contributed by atoms with Gasteiger partial charge in [-0.15, -0.1) is 0 Å². The van der Waals surface area contributed by atoms with Crippen molar-refractivity contribution in [3.63, 3.8) is 0 Å². The van der Waals surface area contributed by atoms with E-state index in [2.05, 4.69) is 28.2 Å². The predicted octanol–water partition coefficient (Wildman–Crippen LogP) is 3.40. The summed E-state index contributed by atoms with van der Waals surface area (Å²) in [7, 11) is 0. The van der Waals surface area contributed by atoms with Crippen LogP contribution >= 0.6 is 0 Å². The Kier molecular flexibility index (Phi) is 8.26. The molecule has 2 atom stereocenters. The first-order valence-corrected chi connectivity index (χ1v) is 13.5. The van der Waals surface area contributed by atoms with Crippen LogP contribution in [0, 0.1) is 0 Å². The lowest BCUT2D eigenvalue weighted by atomic mass is 10.00. The van der Waals surface area contributed by atoms with Crippen molar-refractivity contribution < 1.29 is 24.3 Å². The topological polar surface area (TPSA) is 77.4 Å². The zero-order valence-electron chi connectivity index (χ0n) is 22.8. The van der Waals surface area contributed by atoms with Gasteiger partial charge in [-0.05, 0) is 34.4 Å². The fourth-order valence-corrected chi connectivity index (χ4v) is 4.90. The molecule has 6 nitrogen and oxygen atoms in total. The van der Waals surface area contributed by atoms with Crippen molar-refractivity contribution in [3.05, 3.63) is 133 Å². The van der Waals surface area contributed by atoms with Crippen LogP contribution in [0.4, 0.5) is 0 Å². The molecule has 2 N–H and O–H groups in total. The van der Waals surface area contributed by atoms with E-state index in [1.165, 1.54) is 0 Å². The molecule has 0 radical (unpaired) electrons. The fourth-order valence-electron chi connectivity index (χ4n) is 4.90. The lowest BCUT2D eigenvalue weighted by Crippen LogP contribution is -2.75. The number of rotatable bonds is 9. The van der Waals surface area contributed by atoms with E-state index in [9.17, 15) is 10.2 Å². The van der Waals surface area contributed by atoms with Gasteiger partial charge in [0.25, 0.3) is 6.54 Å². The third kappa shape index (κ3) is 6.59. The van der Waals surface area contributed by atoms with Gasteiger partial charge in [-0.25, -0.2) is 9.56 Å². The number of pyridine rings is 2. The second-order valence-corrected chi connectivity index (χ2v) is 10.0. The fraction of sp³-hybridized carbons (Fsp3) is 0.176. The smallest absolute Gasteiger partial charge is 0.400 e. The van der Waals surface area contributed by atoms with E-state index < -0.39 is 0 Å². The van der Waals surface area contributed by atoms with Crippen LogP contribution in [-0.2, 0) is 13.1 Å². The van der Waals surface area contributed by atoms with Gasteiger partial charge < -0.3 is 10.2 Å². The number of nitrogens with zero attached hydrogens (tertiary/aromatic N) is 3. The maximum Gasteiger partial charge on any atom is 0.400 e. The maximum atomic E-state index is 12.7. The number of benzene rings is 3. The molecule has 0 saturated heterocycles. The van der Waals surface area contributed by atoms with Crippen molar-refractivity contribution in [2.75, 3.05) is 0 Å². The highest BCUT2D eigenvalue weighted by molar-refractivity contribution is 5.86. The van der Waals surface area contributed by atoms with Gasteiger partial charge >= 0.3 is 5.90 Å². The van der Waals surface area contributed by atoms with Crippen LogP contribution in [0.2, 0.25) is 0 Å². The number of hydrogen-bond acceptors (Lipinski definition) is 2. The molecule has 0 aliphatic rings. The van der Waals surface area contributed by atoms with E-state index in [4.69, 9.17) is 0 Å². The quantitative estimate of drug-likeness (QED) is 0.174. The molecule has 40 heavy (non-hydrogen) atoms. The highest BCUT2D eigenvalue weighted by Gasteiger charge is 2.16. The van der Waals surface area contributed by atoms with Gasteiger partial charge in [-0.3, -0.25) is 4.99 Å². The molecule has 0 amide bonds. The normalized spacial score (nSPS) is 13.8. The predicted molar refractivity (Wildman–Crippen MR) is 156 cm³/mol. The van der Waals surface area contributed by atoms with Crippen molar-refractivity contribution in [2.45, 2.75) is 39.0 Å². The highest BCUT2D eigenvalue weighted by Crippen LogP contribution is 2.26. The summed E-state index contributed by atoms with van der Waals surface area (Å²) < 4.78 is 3.77. The van der Waals surface area contributed by atoms with Gasteiger partial charge in [0.2, 0.25) is 0 Å². The number of aromatic nitrogens is 2. The average molecular weight is 531 g/mol. The molecule has 2 heterocycles. The summed E-state index contributed by atoms with van der Waals surface area (Å²) in [6.45, 7) is 4.53. The van der Waals surface area contributed by atoms with Gasteiger partial charge in [0.05, 0.1) is 6.04 Å². The Morgan fingerprint density at radius 1 is 0.750 bits per heavy atom. The second kappa shape index (κ2) is 12.3. The summed E-state index contributed by atoms with van der Waals surface area (Å²) in [6.07, 6.45) is 7.69. The summed E-state index contributed by atoms with van der Waals surface area (Å²) >= 11 is 0. The van der Waals surface area contributed by atoms with E-state index in [1.54, 1.807) is 0 Å². The summed E-state index contributed by atoms with van der Waals surface area (Å²) in [5, 5.41) is 25.5. The Bertz CT molecular complexity index is 1620. The third-order valence-corrected chi connectivity index (χ3v) is 7.06. The van der Waals surface area contributed by atoms with E-state index in [0.29, 0.717) is 6.54 Å². The van der Waals surface area contributed by atoms with Crippen LogP contribution in [0.3, 0.4) is 0 Å². The number of nitrogens with one attached hydrogen (secondary N) is 1. The molecule has 0 aliphatic heterocycles. The SMILES string of the molecule is C[C@@H](N=C([O-])C[n+]1ccc(-c2cc[n+](CC(O)=[NH+][C@H](C)c3ccccc3)cc2)cc1)c1cccc2ccccc12. The van der Waals surface area contributed by atoms with Gasteiger partial charge in [-0.1, -0.05) is 72.8 Å². The number of hydrogen-bond donors (Lipinski definition) is 2. The molecule has 6 heteroatoms. The Morgan fingerprint density at radius 2 is 1.32 bits per heavy atom. The minimum atomic E-state index is -0.220. The standard InChI is InChI=1S/C34H32N4O2/c1-25(27-9-4-3-5-10-27)35-33(39)23-37-19-15-28(16-20-37)29-17-21-38(22-18-29)24-34(40)36-26(2)31-14-8-12-30-11-6-7-13-32(30)31/h3-22,25-26H,23-24H2,1-2H3/p+2/t25-,26-/m1/s1. The minimum Gasteiger partial charge on any atom is -0.858 e. The van der Waals surface area contributed by atoms with Crippen molar-refractivity contribution in [1.82, 2.24) is 0 Å². The van der Waals surface area contributed by atoms with Gasteiger partial charge in [0.1, 0.15) is 0 Å². The van der Waals surface area contributed by atoms with E-state index in [0.717, 1.165) is 33.0 Å². The summed E-state index contributed by atoms with van der Waals surface area (Å²) in [5.41, 5.74) is 4.26. The molecule has 0 bridgehead atoms. The van der Waals surface area contributed by atoms with Crippen LogP contribution < -0.4 is 19.2 Å². The largest absolute Gasteiger partial charge is 0.858 e. The zero-order valence-corrected chi connectivity index (χ0v) is 22.8. The molecular formula is C34H34N4O2+2. The second-order valence-electron chi connectivity index (χ2n) is 10.0. The van der Waals surface area contributed by atoms with E-state index >= 15 is 0 Å².